The van der Waals surface area contributed by atoms with Crippen LogP contribution in [0.25, 0.3) is 10.6 Å². The largest absolute Gasteiger partial charge is 0.307 e. The molecule has 2 aromatic carbocycles. The first-order chi connectivity index (χ1) is 13.9. The van der Waals surface area contributed by atoms with Crippen molar-refractivity contribution in [2.75, 3.05) is 6.54 Å². The topological polar surface area (TPSA) is 118 Å². The van der Waals surface area contributed by atoms with Crippen LogP contribution in [0.5, 0.6) is 0 Å². The van der Waals surface area contributed by atoms with Crippen LogP contribution in [0.1, 0.15) is 5.01 Å². The third-order valence-corrected chi connectivity index (χ3v) is 9.37. The number of hydrogen-bond acceptors (Lipinski definition) is 9. The summed E-state index contributed by atoms with van der Waals surface area (Å²) in [5, 5.41) is 11.0. The summed E-state index contributed by atoms with van der Waals surface area (Å²) in [6.07, 6.45) is 0. The van der Waals surface area contributed by atoms with Gasteiger partial charge in [0, 0.05) is 5.56 Å². The Kier molecular flexibility index (Phi) is 5.19. The second-order valence-corrected chi connectivity index (χ2v) is 11.4. The van der Waals surface area contributed by atoms with E-state index in [4.69, 9.17) is 0 Å². The van der Waals surface area contributed by atoms with E-state index in [1.165, 1.54) is 23.5 Å². The lowest BCUT2D eigenvalue weighted by Gasteiger charge is -2.12. The predicted octanol–water partition coefficient (Wildman–Crippen LogP) is 1.88. The molecule has 0 bridgehead atoms. The fraction of sp³-hybridized carbons (Fsp3) is 0.167. The third kappa shape index (κ3) is 3.93. The molecule has 1 atom stereocenters. The summed E-state index contributed by atoms with van der Waals surface area (Å²) >= 11 is 1.17. The number of sulfone groups is 2. The molecular weight excluding hydrogens is 432 g/mol. The Morgan fingerprint density at radius 1 is 0.931 bits per heavy atom. The van der Waals surface area contributed by atoms with E-state index < -0.39 is 35.7 Å². The molecule has 0 spiro atoms. The van der Waals surface area contributed by atoms with Crippen LogP contribution in [-0.4, -0.2) is 43.9 Å². The lowest BCUT2D eigenvalue weighted by atomic mass is 10.2. The molecule has 1 aliphatic heterocycles. The van der Waals surface area contributed by atoms with E-state index in [0.717, 1.165) is 5.56 Å². The van der Waals surface area contributed by atoms with Gasteiger partial charge in [0.25, 0.3) is 0 Å². The number of nitrogens with one attached hydrogen (secondary N) is 1. The number of hydrazone groups is 1. The normalized spacial score (nSPS) is 17.0. The van der Waals surface area contributed by atoms with Crippen LogP contribution < -0.4 is 5.43 Å². The smallest absolute Gasteiger partial charge is 0.223 e. The van der Waals surface area contributed by atoms with Gasteiger partial charge in [0.15, 0.2) is 14.9 Å². The van der Waals surface area contributed by atoms with E-state index in [-0.39, 0.29) is 11.4 Å². The van der Waals surface area contributed by atoms with Gasteiger partial charge in [0.2, 0.25) is 9.84 Å². The molecule has 11 heteroatoms. The highest BCUT2D eigenvalue weighted by Gasteiger charge is 2.42. The summed E-state index contributed by atoms with van der Waals surface area (Å²) in [5.74, 6) is -0.410. The summed E-state index contributed by atoms with van der Waals surface area (Å²) in [6, 6.07) is 17.0. The van der Waals surface area contributed by atoms with Gasteiger partial charge < -0.3 is 5.43 Å². The maximum absolute atomic E-state index is 13.0. The Hall–Kier alpha value is -2.63. The van der Waals surface area contributed by atoms with Crippen molar-refractivity contribution in [2.24, 2.45) is 5.10 Å². The zero-order chi connectivity index (χ0) is 20.5. The van der Waals surface area contributed by atoms with Gasteiger partial charge in [-0.05, 0) is 12.1 Å². The van der Waals surface area contributed by atoms with Crippen LogP contribution >= 0.6 is 11.3 Å². The van der Waals surface area contributed by atoms with Crippen molar-refractivity contribution in [1.29, 1.82) is 0 Å². The second-order valence-electron chi connectivity index (χ2n) is 6.29. The average Bonchev–Trinajstić information content (AvgIpc) is 3.39. The SMILES string of the molecule is O=S(=O)(C1=NNCC1S(=O)(=O)Cc1nnc(-c2ccccc2)s1)c1ccccc1. The number of hydrogen-bond donors (Lipinski definition) is 1. The molecule has 1 unspecified atom stereocenters. The molecule has 0 saturated carbocycles. The molecule has 2 heterocycles. The van der Waals surface area contributed by atoms with Gasteiger partial charge in [-0.1, -0.05) is 59.9 Å². The molecule has 29 heavy (non-hydrogen) atoms. The first-order valence-corrected chi connectivity index (χ1v) is 12.6. The molecule has 8 nitrogen and oxygen atoms in total. The van der Waals surface area contributed by atoms with Crippen LogP contribution in [-0.2, 0) is 25.4 Å². The van der Waals surface area contributed by atoms with Crippen LogP contribution in [0, 0.1) is 0 Å². The highest BCUT2D eigenvalue weighted by atomic mass is 32.2. The summed E-state index contributed by atoms with van der Waals surface area (Å²) in [4.78, 5) is 0.00456. The van der Waals surface area contributed by atoms with E-state index in [1.54, 1.807) is 18.2 Å². The lowest BCUT2D eigenvalue weighted by Crippen LogP contribution is -2.36. The minimum Gasteiger partial charge on any atom is -0.307 e. The quantitative estimate of drug-likeness (QED) is 0.633. The van der Waals surface area contributed by atoms with Crippen molar-refractivity contribution in [3.8, 4) is 10.6 Å². The molecule has 0 fully saturated rings. The van der Waals surface area contributed by atoms with Gasteiger partial charge >= 0.3 is 0 Å². The highest BCUT2D eigenvalue weighted by molar-refractivity contribution is 8.08. The van der Waals surface area contributed by atoms with E-state index in [1.807, 2.05) is 30.3 Å². The molecule has 1 N–H and O–H groups in total. The van der Waals surface area contributed by atoms with E-state index in [0.29, 0.717) is 10.0 Å². The minimum absolute atomic E-state index is 0.00456. The van der Waals surface area contributed by atoms with Crippen LogP contribution in [0.4, 0.5) is 0 Å². The fourth-order valence-electron chi connectivity index (χ4n) is 2.88. The monoisotopic (exact) mass is 448 g/mol. The van der Waals surface area contributed by atoms with Crippen molar-refractivity contribution in [2.45, 2.75) is 15.9 Å². The van der Waals surface area contributed by atoms with Gasteiger partial charge in [-0.3, -0.25) is 0 Å². The molecule has 0 amide bonds. The van der Waals surface area contributed by atoms with Crippen molar-refractivity contribution < 1.29 is 16.8 Å². The predicted molar refractivity (Wildman–Crippen MR) is 111 cm³/mol. The molecule has 150 valence electrons. The number of benzene rings is 2. The summed E-state index contributed by atoms with van der Waals surface area (Å²) in [6.45, 7) is -0.103. The molecule has 1 aliphatic rings. The fourth-order valence-corrected chi connectivity index (χ4v) is 7.73. The number of aromatic nitrogens is 2. The Morgan fingerprint density at radius 3 is 2.28 bits per heavy atom. The molecule has 4 rings (SSSR count). The van der Waals surface area contributed by atoms with Crippen molar-refractivity contribution in [1.82, 2.24) is 15.6 Å². The zero-order valence-corrected chi connectivity index (χ0v) is 17.4. The van der Waals surface area contributed by atoms with Crippen molar-refractivity contribution >= 4 is 36.1 Å². The third-order valence-electron chi connectivity index (χ3n) is 4.32. The Morgan fingerprint density at radius 2 is 1.59 bits per heavy atom. The highest BCUT2D eigenvalue weighted by Crippen LogP contribution is 2.27. The standard InChI is InChI=1S/C18H16N4O4S3/c23-28(24,12-16-20-21-17(27-16)13-7-3-1-4-8-13)15-11-19-22-18(15)29(25,26)14-9-5-2-6-10-14/h1-10,15,19H,11-12H2. The van der Waals surface area contributed by atoms with E-state index in [2.05, 4.69) is 20.7 Å². The second kappa shape index (κ2) is 7.65. The molecule has 0 aliphatic carbocycles. The summed E-state index contributed by atoms with van der Waals surface area (Å²) in [7, 11) is -7.91. The van der Waals surface area contributed by atoms with Gasteiger partial charge in [-0.25, -0.2) is 16.8 Å². The van der Waals surface area contributed by atoms with E-state index >= 15 is 0 Å². The van der Waals surface area contributed by atoms with Crippen LogP contribution in [0.3, 0.4) is 0 Å². The van der Waals surface area contributed by atoms with Crippen LogP contribution in [0.15, 0.2) is 70.7 Å². The molecule has 0 radical (unpaired) electrons. The van der Waals surface area contributed by atoms with Crippen LogP contribution in [0.2, 0.25) is 0 Å². The first-order valence-electron chi connectivity index (χ1n) is 8.58. The average molecular weight is 449 g/mol. The van der Waals surface area contributed by atoms with E-state index in [9.17, 15) is 16.8 Å². The minimum atomic E-state index is -4.03. The molecule has 1 aromatic heterocycles. The Bertz CT molecular complexity index is 1250. The van der Waals surface area contributed by atoms with Gasteiger partial charge in [-0.2, -0.15) is 5.10 Å². The first kappa shape index (κ1) is 19.7. The Labute approximate surface area is 172 Å². The Balaban J connectivity index is 1.59. The van der Waals surface area contributed by atoms with Gasteiger partial charge in [0.1, 0.15) is 21.0 Å². The zero-order valence-electron chi connectivity index (χ0n) is 15.0. The molecule has 3 aromatic rings. The maximum Gasteiger partial charge on any atom is 0.223 e. The van der Waals surface area contributed by atoms with Crippen molar-refractivity contribution in [3.63, 3.8) is 0 Å². The number of rotatable bonds is 5. The lowest BCUT2D eigenvalue weighted by molar-refractivity contribution is 0.586. The molecular formula is C18H16N4O4S3. The summed E-state index contributed by atoms with van der Waals surface area (Å²) in [5.41, 5.74) is 3.36. The van der Waals surface area contributed by atoms with Gasteiger partial charge in [0.05, 0.1) is 11.4 Å². The maximum atomic E-state index is 13.0. The van der Waals surface area contributed by atoms with Crippen molar-refractivity contribution in [3.05, 3.63) is 65.7 Å². The molecule has 0 saturated heterocycles. The van der Waals surface area contributed by atoms with Gasteiger partial charge in [-0.15, -0.1) is 10.2 Å². The summed E-state index contributed by atoms with van der Waals surface area (Å²) < 4.78 is 51.7. The number of nitrogens with zero attached hydrogens (tertiary/aromatic N) is 3.